The highest BCUT2D eigenvalue weighted by Gasteiger charge is 2.26. The smallest absolute Gasteiger partial charge is 0.267 e. The molecule has 0 aliphatic rings. The number of aromatic amines is 1. The molecule has 0 radical (unpaired) electrons. The quantitative estimate of drug-likeness (QED) is 0.406. The van der Waals surface area contributed by atoms with Crippen LogP contribution < -0.4 is 5.32 Å². The number of ether oxygens (including phenoxy) is 1. The molecule has 2 N–H and O–H groups in total. The van der Waals surface area contributed by atoms with Crippen LogP contribution in [-0.4, -0.2) is 42.1 Å². The number of amides is 1. The van der Waals surface area contributed by atoms with Gasteiger partial charge in [0.15, 0.2) is 5.78 Å². The Morgan fingerprint density at radius 1 is 1.28 bits per heavy atom. The largest absolute Gasteiger partial charge is 0.385 e. The Balaban J connectivity index is 1.87. The van der Waals surface area contributed by atoms with E-state index >= 15 is 0 Å². The molecule has 3 aromatic rings. The monoisotopic (exact) mass is 435 g/mol. The first-order chi connectivity index (χ1) is 13.9. The molecule has 7 nitrogen and oxygen atoms in total. The molecule has 0 aliphatic carbocycles. The third kappa shape index (κ3) is 4.53. The maximum absolute atomic E-state index is 13.1. The van der Waals surface area contributed by atoms with E-state index in [-0.39, 0.29) is 28.6 Å². The number of hydrogen-bond donors (Lipinski definition) is 2. The van der Waals surface area contributed by atoms with Gasteiger partial charge >= 0.3 is 0 Å². The van der Waals surface area contributed by atoms with Crippen LogP contribution in [0.5, 0.6) is 0 Å². The second kappa shape index (κ2) is 9.26. The van der Waals surface area contributed by atoms with Crippen molar-refractivity contribution in [3.63, 3.8) is 0 Å². The number of H-pyrrole nitrogens is 1. The minimum absolute atomic E-state index is 0.242. The summed E-state index contributed by atoms with van der Waals surface area (Å²) in [5, 5.41) is 7.45. The SMILES string of the molecule is COCCCNC(=O)c1cc(C(=O)c2c(-c3c(Cl)cccc3Cl)noc2C)c[nH]1. The van der Waals surface area contributed by atoms with Crippen molar-refractivity contribution in [2.75, 3.05) is 20.3 Å². The molecule has 1 amide bonds. The van der Waals surface area contributed by atoms with Crippen LogP contribution >= 0.6 is 23.2 Å². The number of halogens is 2. The Labute approximate surface area is 177 Å². The summed E-state index contributed by atoms with van der Waals surface area (Å²) in [4.78, 5) is 28.2. The van der Waals surface area contributed by atoms with Crippen LogP contribution in [-0.2, 0) is 4.74 Å². The molecule has 0 fully saturated rings. The van der Waals surface area contributed by atoms with E-state index in [4.69, 9.17) is 32.5 Å². The Morgan fingerprint density at radius 2 is 2.00 bits per heavy atom. The van der Waals surface area contributed by atoms with Crippen molar-refractivity contribution in [3.8, 4) is 11.3 Å². The Kier molecular flexibility index (Phi) is 6.74. The molecule has 0 unspecified atom stereocenters. The summed E-state index contributed by atoms with van der Waals surface area (Å²) in [5.41, 5.74) is 1.49. The van der Waals surface area contributed by atoms with Crippen LogP contribution in [0.4, 0.5) is 0 Å². The molecule has 9 heteroatoms. The van der Waals surface area contributed by atoms with Gasteiger partial charge in [-0.2, -0.15) is 0 Å². The number of ketones is 1. The zero-order chi connectivity index (χ0) is 21.0. The number of rotatable bonds is 8. The summed E-state index contributed by atoms with van der Waals surface area (Å²) in [6.07, 6.45) is 2.16. The lowest BCUT2D eigenvalue weighted by molar-refractivity contribution is 0.0944. The average molecular weight is 436 g/mol. The number of benzene rings is 1. The summed E-state index contributed by atoms with van der Waals surface area (Å²) in [5.74, 6) is -0.339. The highest BCUT2D eigenvalue weighted by Crippen LogP contribution is 2.37. The van der Waals surface area contributed by atoms with Crippen molar-refractivity contribution >= 4 is 34.9 Å². The van der Waals surface area contributed by atoms with Gasteiger partial charge in [-0.25, -0.2) is 0 Å². The molecule has 1 aromatic carbocycles. The van der Waals surface area contributed by atoms with Crippen molar-refractivity contribution in [2.24, 2.45) is 0 Å². The number of nitrogens with zero attached hydrogens (tertiary/aromatic N) is 1. The van der Waals surface area contributed by atoms with E-state index in [1.807, 2.05) is 0 Å². The molecule has 2 aromatic heterocycles. The molecule has 2 heterocycles. The Bertz CT molecular complexity index is 1020. The lowest BCUT2D eigenvalue weighted by Crippen LogP contribution is -2.25. The van der Waals surface area contributed by atoms with Crippen molar-refractivity contribution in [2.45, 2.75) is 13.3 Å². The van der Waals surface area contributed by atoms with Crippen LogP contribution in [0.25, 0.3) is 11.3 Å². The number of carbonyl (C=O) groups excluding carboxylic acids is 2. The molecular formula is C20H19Cl2N3O4. The molecule has 0 spiro atoms. The predicted octanol–water partition coefficient (Wildman–Crippen LogP) is 4.28. The van der Waals surface area contributed by atoms with Gasteiger partial charge in [0.25, 0.3) is 5.91 Å². The van der Waals surface area contributed by atoms with Crippen molar-refractivity contribution in [1.82, 2.24) is 15.5 Å². The van der Waals surface area contributed by atoms with Gasteiger partial charge in [0.05, 0.1) is 15.6 Å². The normalized spacial score (nSPS) is 10.9. The zero-order valence-electron chi connectivity index (χ0n) is 15.8. The standard InChI is InChI=1S/C20H19Cl2N3O4/c1-11-16(18(25-29-11)17-13(21)5-3-6-14(17)22)19(26)12-9-15(24-10-12)20(27)23-7-4-8-28-2/h3,5-6,9-10,24H,4,7-8H2,1-2H3,(H,23,27). The Morgan fingerprint density at radius 3 is 2.69 bits per heavy atom. The zero-order valence-corrected chi connectivity index (χ0v) is 17.4. The van der Waals surface area contributed by atoms with Gasteiger partial charge in [0.2, 0.25) is 0 Å². The minimum atomic E-state index is -0.357. The number of methoxy groups -OCH3 is 1. The van der Waals surface area contributed by atoms with Crippen LogP contribution in [0.15, 0.2) is 35.0 Å². The van der Waals surface area contributed by atoms with Gasteiger partial charge in [-0.1, -0.05) is 34.4 Å². The summed E-state index contributed by atoms with van der Waals surface area (Å²) in [7, 11) is 1.60. The molecule has 0 saturated carbocycles. The third-order valence-corrected chi connectivity index (χ3v) is 4.92. The van der Waals surface area contributed by atoms with E-state index in [1.165, 1.54) is 12.3 Å². The molecule has 0 aliphatic heterocycles. The van der Waals surface area contributed by atoms with Crippen LogP contribution in [0.2, 0.25) is 10.0 Å². The first-order valence-corrected chi connectivity index (χ1v) is 9.60. The highest BCUT2D eigenvalue weighted by atomic mass is 35.5. The van der Waals surface area contributed by atoms with Crippen molar-refractivity contribution < 1.29 is 18.8 Å². The summed E-state index contributed by atoms with van der Waals surface area (Å²) in [6.45, 7) is 2.65. The second-order valence-corrected chi connectivity index (χ2v) is 7.11. The van der Waals surface area contributed by atoms with Gasteiger partial charge in [0.1, 0.15) is 17.1 Å². The van der Waals surface area contributed by atoms with Crippen LogP contribution in [0.1, 0.15) is 38.6 Å². The van der Waals surface area contributed by atoms with Gasteiger partial charge in [0, 0.05) is 37.6 Å². The third-order valence-electron chi connectivity index (χ3n) is 4.29. The van der Waals surface area contributed by atoms with Crippen molar-refractivity contribution in [1.29, 1.82) is 0 Å². The van der Waals surface area contributed by atoms with Crippen LogP contribution in [0.3, 0.4) is 0 Å². The lowest BCUT2D eigenvalue weighted by Gasteiger charge is -2.05. The summed E-state index contributed by atoms with van der Waals surface area (Å²) >= 11 is 12.5. The van der Waals surface area contributed by atoms with Gasteiger partial charge in [-0.15, -0.1) is 0 Å². The maximum atomic E-state index is 13.1. The number of hydrogen-bond acceptors (Lipinski definition) is 5. The molecule has 29 heavy (non-hydrogen) atoms. The number of aryl methyl sites for hydroxylation is 1. The van der Waals surface area contributed by atoms with E-state index in [1.54, 1.807) is 32.2 Å². The number of nitrogens with one attached hydrogen (secondary N) is 2. The fourth-order valence-corrected chi connectivity index (χ4v) is 3.43. The van der Waals surface area contributed by atoms with Crippen molar-refractivity contribution in [3.05, 3.63) is 63.1 Å². The highest BCUT2D eigenvalue weighted by molar-refractivity contribution is 6.39. The predicted molar refractivity (Wildman–Crippen MR) is 110 cm³/mol. The molecule has 0 saturated heterocycles. The molecular weight excluding hydrogens is 417 g/mol. The van der Waals surface area contributed by atoms with E-state index in [0.717, 1.165) is 0 Å². The van der Waals surface area contributed by atoms with Gasteiger partial charge in [-0.3, -0.25) is 9.59 Å². The van der Waals surface area contributed by atoms with Gasteiger partial charge < -0.3 is 19.6 Å². The first kappa shape index (κ1) is 21.1. The summed E-state index contributed by atoms with van der Waals surface area (Å²) in [6, 6.07) is 6.50. The fourth-order valence-electron chi connectivity index (χ4n) is 2.85. The molecule has 0 atom stereocenters. The van der Waals surface area contributed by atoms with Crippen LogP contribution in [0, 0.1) is 6.92 Å². The lowest BCUT2D eigenvalue weighted by atomic mass is 9.99. The topological polar surface area (TPSA) is 97.2 Å². The second-order valence-electron chi connectivity index (χ2n) is 6.29. The Hall–Kier alpha value is -2.61. The van der Waals surface area contributed by atoms with E-state index in [0.29, 0.717) is 46.5 Å². The maximum Gasteiger partial charge on any atom is 0.267 e. The number of aromatic nitrogens is 2. The first-order valence-electron chi connectivity index (χ1n) is 8.85. The average Bonchev–Trinajstić information content (AvgIpc) is 3.32. The molecule has 3 rings (SSSR count). The van der Waals surface area contributed by atoms with E-state index < -0.39 is 0 Å². The molecule has 0 bridgehead atoms. The van der Waals surface area contributed by atoms with E-state index in [2.05, 4.69) is 15.5 Å². The van der Waals surface area contributed by atoms with E-state index in [9.17, 15) is 9.59 Å². The fraction of sp³-hybridized carbons (Fsp3) is 0.250. The summed E-state index contributed by atoms with van der Waals surface area (Å²) < 4.78 is 10.2. The minimum Gasteiger partial charge on any atom is -0.385 e. The molecule has 152 valence electrons. The van der Waals surface area contributed by atoms with Gasteiger partial charge in [-0.05, 0) is 31.5 Å². The number of carbonyl (C=O) groups is 2.